The molecule has 0 atom stereocenters. The van der Waals surface area contributed by atoms with Gasteiger partial charge >= 0.3 is 0 Å². The van der Waals surface area contributed by atoms with Gasteiger partial charge in [0, 0.05) is 16.0 Å². The summed E-state index contributed by atoms with van der Waals surface area (Å²) in [4.78, 5) is 17.5. The summed E-state index contributed by atoms with van der Waals surface area (Å²) in [5.41, 5.74) is 0.356. The number of rotatable bonds is 4. The fourth-order valence-electron chi connectivity index (χ4n) is 2.00. The molecule has 0 saturated carbocycles. The molecule has 1 heterocycles. The maximum atomic E-state index is 12.5. The molecule has 1 amide bonds. The molecule has 0 fully saturated rings. The molecular weight excluding hydrogens is 382 g/mol. The van der Waals surface area contributed by atoms with E-state index in [4.69, 9.17) is 11.6 Å². The van der Waals surface area contributed by atoms with Crippen LogP contribution >= 0.6 is 22.9 Å². The van der Waals surface area contributed by atoms with E-state index in [0.717, 1.165) is 10.6 Å². The fraction of sp³-hybridized carbons (Fsp3) is 0.375. The van der Waals surface area contributed by atoms with Gasteiger partial charge in [0.05, 0.1) is 10.7 Å². The van der Waals surface area contributed by atoms with Gasteiger partial charge in [-0.1, -0.05) is 11.6 Å². The standard InChI is InChI=1S/C16H20ClN3O3S2/c1-9-10(2)24-15(18-9)19-14(21)11-6-7-12(17)13(8-11)25(22,23)20-16(3,4)5/h6-8,20H,1-5H3,(H,18,19,21). The third-order valence-corrected chi connectivity index (χ3v) is 6.40. The molecule has 0 aliphatic rings. The van der Waals surface area contributed by atoms with Gasteiger partial charge < -0.3 is 0 Å². The van der Waals surface area contributed by atoms with Crippen molar-refractivity contribution in [3.63, 3.8) is 0 Å². The molecule has 136 valence electrons. The molecule has 0 saturated heterocycles. The van der Waals surface area contributed by atoms with Crippen LogP contribution in [0.2, 0.25) is 5.02 Å². The molecule has 0 bridgehead atoms. The summed E-state index contributed by atoms with van der Waals surface area (Å²) in [5.74, 6) is -0.447. The first-order chi connectivity index (χ1) is 11.4. The highest BCUT2D eigenvalue weighted by Crippen LogP contribution is 2.26. The van der Waals surface area contributed by atoms with Gasteiger partial charge in [-0.2, -0.15) is 0 Å². The van der Waals surface area contributed by atoms with E-state index in [0.29, 0.717) is 5.13 Å². The monoisotopic (exact) mass is 401 g/mol. The van der Waals surface area contributed by atoms with Crippen molar-refractivity contribution in [2.75, 3.05) is 5.32 Å². The molecule has 2 aromatic rings. The lowest BCUT2D eigenvalue weighted by atomic mass is 10.1. The van der Waals surface area contributed by atoms with Crippen molar-refractivity contribution in [1.29, 1.82) is 0 Å². The molecule has 6 nitrogen and oxygen atoms in total. The van der Waals surface area contributed by atoms with Crippen molar-refractivity contribution < 1.29 is 13.2 Å². The van der Waals surface area contributed by atoms with E-state index in [1.807, 2.05) is 13.8 Å². The van der Waals surface area contributed by atoms with Crippen LogP contribution in [0.15, 0.2) is 23.1 Å². The van der Waals surface area contributed by atoms with Gasteiger partial charge in [-0.15, -0.1) is 11.3 Å². The molecule has 0 aliphatic heterocycles. The van der Waals surface area contributed by atoms with Crippen LogP contribution in [-0.2, 0) is 10.0 Å². The molecule has 0 radical (unpaired) electrons. The first-order valence-electron chi connectivity index (χ1n) is 7.48. The summed E-state index contributed by atoms with van der Waals surface area (Å²) >= 11 is 7.40. The van der Waals surface area contributed by atoms with Crippen LogP contribution in [-0.4, -0.2) is 24.8 Å². The lowest BCUT2D eigenvalue weighted by Crippen LogP contribution is -2.40. The highest BCUT2D eigenvalue weighted by Gasteiger charge is 2.25. The summed E-state index contributed by atoms with van der Waals surface area (Å²) in [6, 6.07) is 4.13. The molecule has 25 heavy (non-hydrogen) atoms. The Morgan fingerprint density at radius 3 is 2.40 bits per heavy atom. The second kappa shape index (κ2) is 7.03. The van der Waals surface area contributed by atoms with Crippen molar-refractivity contribution in [3.05, 3.63) is 39.4 Å². The maximum absolute atomic E-state index is 12.5. The third-order valence-electron chi connectivity index (χ3n) is 3.17. The van der Waals surface area contributed by atoms with Crippen LogP contribution in [0.4, 0.5) is 5.13 Å². The number of carbonyl (C=O) groups is 1. The molecule has 9 heteroatoms. The Balaban J connectivity index is 2.33. The SMILES string of the molecule is Cc1nc(NC(=O)c2ccc(Cl)c(S(=O)(=O)NC(C)(C)C)c2)sc1C. The number of aryl methyl sites for hydroxylation is 2. The Kier molecular flexibility index (Phi) is 5.58. The van der Waals surface area contributed by atoms with E-state index in [2.05, 4.69) is 15.0 Å². The number of sulfonamides is 1. The van der Waals surface area contributed by atoms with Crippen LogP contribution in [0.3, 0.4) is 0 Å². The van der Waals surface area contributed by atoms with Gasteiger partial charge in [0.15, 0.2) is 5.13 Å². The molecule has 0 aliphatic carbocycles. The minimum absolute atomic E-state index is 0.0502. The quantitative estimate of drug-likeness (QED) is 0.816. The highest BCUT2D eigenvalue weighted by atomic mass is 35.5. The van der Waals surface area contributed by atoms with Gasteiger partial charge in [0.1, 0.15) is 4.90 Å². The van der Waals surface area contributed by atoms with Crippen LogP contribution in [0.5, 0.6) is 0 Å². The summed E-state index contributed by atoms with van der Waals surface area (Å²) in [7, 11) is -3.86. The number of anilines is 1. The van der Waals surface area contributed by atoms with Crippen molar-refractivity contribution in [1.82, 2.24) is 9.71 Å². The number of aromatic nitrogens is 1. The first kappa shape index (κ1) is 19.8. The van der Waals surface area contributed by atoms with E-state index in [1.54, 1.807) is 20.8 Å². The van der Waals surface area contributed by atoms with Crippen molar-refractivity contribution >= 4 is 44.0 Å². The van der Waals surface area contributed by atoms with Gasteiger partial charge in [-0.05, 0) is 52.8 Å². The predicted molar refractivity (Wildman–Crippen MR) is 101 cm³/mol. The lowest BCUT2D eigenvalue weighted by molar-refractivity contribution is 0.102. The Hall–Kier alpha value is -1.48. The smallest absolute Gasteiger partial charge is 0.257 e. The molecule has 0 unspecified atom stereocenters. The van der Waals surface area contributed by atoms with Crippen LogP contribution in [0.1, 0.15) is 41.7 Å². The van der Waals surface area contributed by atoms with Gasteiger partial charge in [0.2, 0.25) is 10.0 Å². The number of nitrogens with zero attached hydrogens (tertiary/aromatic N) is 1. The summed E-state index contributed by atoms with van der Waals surface area (Å²) in [6.45, 7) is 8.94. The molecule has 1 aromatic heterocycles. The van der Waals surface area contributed by atoms with E-state index in [1.165, 1.54) is 29.5 Å². The Labute approximate surface area is 156 Å². The topological polar surface area (TPSA) is 88.2 Å². The van der Waals surface area contributed by atoms with E-state index in [9.17, 15) is 13.2 Å². The zero-order valence-electron chi connectivity index (χ0n) is 14.6. The average molecular weight is 402 g/mol. The number of halogens is 1. The minimum atomic E-state index is -3.86. The molecule has 2 N–H and O–H groups in total. The summed E-state index contributed by atoms with van der Waals surface area (Å²) in [5, 5.41) is 3.19. The van der Waals surface area contributed by atoms with Crippen molar-refractivity contribution in [3.8, 4) is 0 Å². The average Bonchev–Trinajstić information content (AvgIpc) is 2.74. The fourth-order valence-corrected chi connectivity index (χ4v) is 4.76. The Morgan fingerprint density at radius 1 is 1.24 bits per heavy atom. The van der Waals surface area contributed by atoms with Crippen LogP contribution < -0.4 is 10.0 Å². The number of hydrogen-bond donors (Lipinski definition) is 2. The largest absolute Gasteiger partial charge is 0.298 e. The van der Waals surface area contributed by atoms with Crippen LogP contribution in [0, 0.1) is 13.8 Å². The zero-order chi connectivity index (χ0) is 19.0. The molecular formula is C16H20ClN3O3S2. The summed E-state index contributed by atoms with van der Waals surface area (Å²) < 4.78 is 27.5. The maximum Gasteiger partial charge on any atom is 0.257 e. The first-order valence-corrected chi connectivity index (χ1v) is 10.2. The second-order valence-corrected chi connectivity index (χ2v) is 9.88. The molecule has 0 spiro atoms. The zero-order valence-corrected chi connectivity index (χ0v) is 17.0. The second-order valence-electron chi connectivity index (χ2n) is 6.62. The number of amides is 1. The normalized spacial score (nSPS) is 12.2. The Bertz CT molecular complexity index is 896. The van der Waals surface area contributed by atoms with Crippen molar-refractivity contribution in [2.45, 2.75) is 45.1 Å². The van der Waals surface area contributed by atoms with E-state index < -0.39 is 21.5 Å². The molecule has 2 rings (SSSR count). The highest BCUT2D eigenvalue weighted by molar-refractivity contribution is 7.89. The Morgan fingerprint density at radius 2 is 1.88 bits per heavy atom. The van der Waals surface area contributed by atoms with Crippen molar-refractivity contribution in [2.24, 2.45) is 0 Å². The van der Waals surface area contributed by atoms with Gasteiger partial charge in [-0.3, -0.25) is 10.1 Å². The minimum Gasteiger partial charge on any atom is -0.298 e. The number of nitrogens with one attached hydrogen (secondary N) is 2. The van der Waals surface area contributed by atoms with E-state index in [-0.39, 0.29) is 15.5 Å². The third kappa shape index (κ3) is 5.01. The number of thiazole rings is 1. The van der Waals surface area contributed by atoms with Gasteiger partial charge in [-0.25, -0.2) is 18.1 Å². The van der Waals surface area contributed by atoms with E-state index >= 15 is 0 Å². The number of carbonyl (C=O) groups excluding carboxylic acids is 1. The summed E-state index contributed by atoms with van der Waals surface area (Å²) in [6.07, 6.45) is 0. The van der Waals surface area contributed by atoms with Crippen LogP contribution in [0.25, 0.3) is 0 Å². The number of benzene rings is 1. The lowest BCUT2D eigenvalue weighted by Gasteiger charge is -2.21. The molecule has 1 aromatic carbocycles. The van der Waals surface area contributed by atoms with Gasteiger partial charge in [0.25, 0.3) is 5.91 Å². The predicted octanol–water partition coefficient (Wildman–Crippen LogP) is 3.74. The number of hydrogen-bond acceptors (Lipinski definition) is 5.